The SMILES string of the molecule is O=[n+]1ccc2cc3ccoc3cc2o1. The Morgan fingerprint density at radius 1 is 1.07 bits per heavy atom. The van der Waals surface area contributed by atoms with Gasteiger partial charge >= 0.3 is 0 Å². The highest BCUT2D eigenvalue weighted by molar-refractivity contribution is 5.92. The molecule has 0 saturated heterocycles. The molecule has 2 aromatic heterocycles. The molecule has 0 bridgehead atoms. The van der Waals surface area contributed by atoms with Gasteiger partial charge in [0, 0.05) is 22.9 Å². The van der Waals surface area contributed by atoms with Crippen molar-refractivity contribution in [3.8, 4) is 0 Å². The number of aromatic nitrogens is 1. The maximum atomic E-state index is 10.9. The number of benzene rings is 1. The zero-order valence-electron chi connectivity index (χ0n) is 7.14. The highest BCUT2D eigenvalue weighted by atomic mass is 16.6. The van der Waals surface area contributed by atoms with Gasteiger partial charge in [0.2, 0.25) is 5.58 Å². The molecule has 3 aromatic rings. The fraction of sp³-hybridized carbons (Fsp3) is 0. The first kappa shape index (κ1) is 7.32. The van der Waals surface area contributed by atoms with Gasteiger partial charge in [0.15, 0.2) is 0 Å². The lowest BCUT2D eigenvalue weighted by Crippen LogP contribution is -2.10. The Kier molecular flexibility index (Phi) is 1.28. The summed E-state index contributed by atoms with van der Waals surface area (Å²) in [7, 11) is 0. The lowest BCUT2D eigenvalue weighted by atomic mass is 10.2. The Bertz CT molecular complexity index is 665. The van der Waals surface area contributed by atoms with E-state index in [-0.39, 0.29) is 0 Å². The summed E-state index contributed by atoms with van der Waals surface area (Å²) in [6.07, 6.45) is 2.93. The lowest BCUT2D eigenvalue weighted by molar-refractivity contribution is -0.701. The third-order valence-electron chi connectivity index (χ3n) is 2.15. The summed E-state index contributed by atoms with van der Waals surface area (Å²) in [6.45, 7) is 0. The summed E-state index contributed by atoms with van der Waals surface area (Å²) in [5.41, 5.74) is 1.23. The van der Waals surface area contributed by atoms with Crippen LogP contribution in [0.25, 0.3) is 21.9 Å². The van der Waals surface area contributed by atoms with E-state index in [2.05, 4.69) is 0 Å². The maximum absolute atomic E-state index is 10.9. The predicted octanol–water partition coefficient (Wildman–Crippen LogP) is 2.09. The number of fused-ring (bicyclic) bond motifs is 2. The predicted molar refractivity (Wildman–Crippen MR) is 49.4 cm³/mol. The van der Waals surface area contributed by atoms with E-state index in [0.717, 1.165) is 10.8 Å². The van der Waals surface area contributed by atoms with Crippen LogP contribution in [0.5, 0.6) is 0 Å². The lowest BCUT2D eigenvalue weighted by Gasteiger charge is -1.89. The summed E-state index contributed by atoms with van der Waals surface area (Å²) in [4.78, 5) is 10.9. The van der Waals surface area contributed by atoms with E-state index < -0.39 is 0 Å². The molecule has 0 atom stereocenters. The van der Waals surface area contributed by atoms with Gasteiger partial charge in [0.25, 0.3) is 10.8 Å². The number of furan rings is 1. The molecule has 1 aromatic carbocycles. The summed E-state index contributed by atoms with van der Waals surface area (Å²) in [5.74, 6) is 0. The van der Waals surface area contributed by atoms with E-state index in [9.17, 15) is 4.91 Å². The molecule has 0 aliphatic rings. The molecule has 14 heavy (non-hydrogen) atoms. The van der Waals surface area contributed by atoms with Crippen LogP contribution < -0.4 is 4.60 Å². The molecule has 4 nitrogen and oxygen atoms in total. The van der Waals surface area contributed by atoms with Gasteiger partial charge in [-0.25, -0.2) is 0 Å². The van der Waals surface area contributed by atoms with E-state index in [1.807, 2.05) is 12.1 Å². The van der Waals surface area contributed by atoms with Crippen LogP contribution in [0.1, 0.15) is 0 Å². The van der Waals surface area contributed by atoms with E-state index in [4.69, 9.17) is 8.94 Å². The molecule has 0 N–H and O–H groups in total. The Morgan fingerprint density at radius 3 is 2.86 bits per heavy atom. The van der Waals surface area contributed by atoms with Gasteiger partial charge < -0.3 is 4.42 Å². The van der Waals surface area contributed by atoms with Crippen LogP contribution >= 0.6 is 0 Å². The van der Waals surface area contributed by atoms with Crippen molar-refractivity contribution in [2.45, 2.75) is 0 Å². The number of hydrogen-bond donors (Lipinski definition) is 0. The summed E-state index contributed by atoms with van der Waals surface area (Å²) >= 11 is 0. The second-order valence-electron chi connectivity index (χ2n) is 3.04. The van der Waals surface area contributed by atoms with Crippen molar-refractivity contribution >= 4 is 21.9 Å². The molecule has 0 radical (unpaired) electrons. The molecule has 0 spiro atoms. The van der Waals surface area contributed by atoms with Crippen molar-refractivity contribution in [2.75, 3.05) is 0 Å². The maximum Gasteiger partial charge on any atom is 0.283 e. The van der Waals surface area contributed by atoms with E-state index in [1.54, 1.807) is 18.4 Å². The third-order valence-corrected chi connectivity index (χ3v) is 2.15. The minimum absolute atomic E-state index is 0.414. The van der Waals surface area contributed by atoms with Crippen LogP contribution in [0, 0.1) is 4.91 Å². The second kappa shape index (κ2) is 2.45. The van der Waals surface area contributed by atoms with Crippen LogP contribution in [-0.4, -0.2) is 0 Å². The van der Waals surface area contributed by atoms with Crippen molar-refractivity contribution in [1.82, 2.24) is 0 Å². The van der Waals surface area contributed by atoms with Crippen LogP contribution in [-0.2, 0) is 0 Å². The molecule has 2 heterocycles. The van der Waals surface area contributed by atoms with Gasteiger partial charge in [-0.1, -0.05) is 0 Å². The first-order valence-electron chi connectivity index (χ1n) is 4.17. The Hall–Kier alpha value is -2.10. The van der Waals surface area contributed by atoms with Crippen molar-refractivity contribution in [3.05, 3.63) is 41.6 Å². The number of hydrogen-bond acceptors (Lipinski definition) is 3. The Labute approximate surface area is 77.9 Å². The average Bonchev–Trinajstić information content (AvgIpc) is 2.61. The topological polar surface area (TPSA) is 49.2 Å². The molecule has 0 saturated carbocycles. The highest BCUT2D eigenvalue weighted by Crippen LogP contribution is 2.21. The van der Waals surface area contributed by atoms with Crippen LogP contribution in [0.2, 0.25) is 0 Å². The van der Waals surface area contributed by atoms with Crippen molar-refractivity contribution < 1.29 is 13.5 Å². The summed E-state index contributed by atoms with van der Waals surface area (Å²) < 4.78 is 10.5. The van der Waals surface area contributed by atoms with E-state index in [0.29, 0.717) is 15.8 Å². The zero-order chi connectivity index (χ0) is 9.54. The van der Waals surface area contributed by atoms with Crippen LogP contribution in [0.15, 0.2) is 45.7 Å². The molecule has 0 aliphatic heterocycles. The van der Waals surface area contributed by atoms with Crippen molar-refractivity contribution in [2.24, 2.45) is 0 Å². The van der Waals surface area contributed by atoms with Gasteiger partial charge in [-0.3, -0.25) is 0 Å². The van der Waals surface area contributed by atoms with Crippen molar-refractivity contribution in [3.63, 3.8) is 0 Å². The fourth-order valence-corrected chi connectivity index (χ4v) is 1.49. The second-order valence-corrected chi connectivity index (χ2v) is 3.04. The molecule has 68 valence electrons. The smallest absolute Gasteiger partial charge is 0.283 e. The molecule has 0 amide bonds. The van der Waals surface area contributed by atoms with Crippen molar-refractivity contribution in [1.29, 1.82) is 0 Å². The first-order valence-corrected chi connectivity index (χ1v) is 4.17. The third kappa shape index (κ3) is 0.939. The first-order chi connectivity index (χ1) is 6.83. The molecule has 0 fully saturated rings. The summed E-state index contributed by atoms with van der Waals surface area (Å²) in [5, 5.41) is 1.88. The normalized spacial score (nSPS) is 11.1. The number of rotatable bonds is 0. The standard InChI is InChI=1S/C10H6NO3/c12-11-3-1-7-5-8-2-4-13-9(8)6-10(7)14-11/h1-6H/q+1. The molecule has 0 unspecified atom stereocenters. The monoisotopic (exact) mass is 188 g/mol. The number of nitrogens with zero attached hydrogens (tertiary/aromatic N) is 1. The van der Waals surface area contributed by atoms with Gasteiger partial charge in [-0.2, -0.15) is 4.52 Å². The molecule has 0 aliphatic carbocycles. The van der Waals surface area contributed by atoms with Gasteiger partial charge in [0.05, 0.1) is 11.2 Å². The molecule has 3 rings (SSSR count). The van der Waals surface area contributed by atoms with Gasteiger partial charge in [-0.15, -0.1) is 0 Å². The summed E-state index contributed by atoms with van der Waals surface area (Å²) in [6, 6.07) is 7.20. The molecular weight excluding hydrogens is 182 g/mol. The van der Waals surface area contributed by atoms with Gasteiger partial charge in [-0.05, 0) is 12.1 Å². The van der Waals surface area contributed by atoms with Crippen LogP contribution in [0.4, 0.5) is 0 Å². The van der Waals surface area contributed by atoms with E-state index >= 15 is 0 Å². The largest absolute Gasteiger partial charge is 0.464 e. The van der Waals surface area contributed by atoms with E-state index in [1.165, 1.54) is 6.20 Å². The minimum Gasteiger partial charge on any atom is -0.464 e. The van der Waals surface area contributed by atoms with Gasteiger partial charge in [0.1, 0.15) is 5.58 Å². The molecular formula is C10H6NO3+. The average molecular weight is 188 g/mol. The zero-order valence-corrected chi connectivity index (χ0v) is 7.14. The quantitative estimate of drug-likeness (QED) is 0.542. The Morgan fingerprint density at radius 2 is 1.93 bits per heavy atom. The molecule has 4 heteroatoms. The Balaban J connectivity index is 2.56. The minimum atomic E-state index is 0.414. The van der Waals surface area contributed by atoms with Crippen LogP contribution in [0.3, 0.4) is 0 Å². The fourth-order valence-electron chi connectivity index (χ4n) is 1.49. The highest BCUT2D eigenvalue weighted by Gasteiger charge is 2.05.